The van der Waals surface area contributed by atoms with Gasteiger partial charge in [0.1, 0.15) is 0 Å². The van der Waals surface area contributed by atoms with E-state index >= 15 is 0 Å². The molecule has 0 atom stereocenters. The number of hydrogen-bond acceptors (Lipinski definition) is 2. The topological polar surface area (TPSA) is 35.4 Å². The van der Waals surface area contributed by atoms with E-state index in [1.54, 1.807) is 0 Å². The van der Waals surface area contributed by atoms with E-state index in [-0.39, 0.29) is 0 Å². The molecular formula is C6H13N2O. The zero-order chi connectivity index (χ0) is 6.36. The zero-order valence-electron chi connectivity index (χ0n) is 5.60. The van der Waals surface area contributed by atoms with Crippen LogP contribution >= 0.6 is 0 Å². The van der Waals surface area contributed by atoms with Gasteiger partial charge in [-0.1, -0.05) is 0 Å². The molecule has 0 unspecified atom stereocenters. The molecule has 3 nitrogen and oxygen atoms in total. The van der Waals surface area contributed by atoms with Gasteiger partial charge in [-0.3, -0.25) is 0 Å². The van der Waals surface area contributed by atoms with Gasteiger partial charge in [-0.15, -0.1) is 0 Å². The predicted molar refractivity (Wildman–Crippen MR) is 35.6 cm³/mol. The van der Waals surface area contributed by atoms with Crippen LogP contribution in [-0.4, -0.2) is 39.4 Å². The predicted octanol–water partition coefficient (Wildman–Crippen LogP) is -0.789. The maximum atomic E-state index is 5.20. The number of rotatable bonds is 0. The van der Waals surface area contributed by atoms with Gasteiger partial charge in [0, 0.05) is 26.2 Å². The average molecular weight is 129 g/mol. The van der Waals surface area contributed by atoms with E-state index in [9.17, 15) is 0 Å². The molecule has 1 saturated heterocycles. The normalized spacial score (nSPS) is 24.0. The summed E-state index contributed by atoms with van der Waals surface area (Å²) in [7, 11) is 0. The SMILES string of the molecule is C1CNCCOCC[N]1. The summed E-state index contributed by atoms with van der Waals surface area (Å²) < 4.78 is 5.20. The molecule has 0 aromatic rings. The van der Waals surface area contributed by atoms with Crippen molar-refractivity contribution in [3.8, 4) is 0 Å². The molecule has 9 heavy (non-hydrogen) atoms. The maximum Gasteiger partial charge on any atom is 0.0608 e. The second kappa shape index (κ2) is 4.73. The highest BCUT2D eigenvalue weighted by Gasteiger charge is 1.94. The van der Waals surface area contributed by atoms with Gasteiger partial charge in [0.2, 0.25) is 0 Å². The van der Waals surface area contributed by atoms with Crippen LogP contribution in [0, 0.1) is 0 Å². The van der Waals surface area contributed by atoms with E-state index in [1.165, 1.54) is 0 Å². The second-order valence-electron chi connectivity index (χ2n) is 2.03. The van der Waals surface area contributed by atoms with Crippen LogP contribution < -0.4 is 10.6 Å². The Morgan fingerprint density at radius 2 is 2.11 bits per heavy atom. The molecule has 1 fully saturated rings. The Hall–Kier alpha value is -0.120. The molecule has 1 aliphatic rings. The fraction of sp³-hybridized carbons (Fsp3) is 1.00. The molecular weight excluding hydrogens is 116 g/mol. The van der Waals surface area contributed by atoms with E-state index in [0.717, 1.165) is 39.4 Å². The van der Waals surface area contributed by atoms with Crippen molar-refractivity contribution in [2.45, 2.75) is 0 Å². The van der Waals surface area contributed by atoms with Gasteiger partial charge in [-0.05, 0) is 0 Å². The standard InChI is InChI=1S/C6H13N2O/c1-2-8-4-6-9-5-3-7-1/h7H,1-6H2. The molecule has 3 heteroatoms. The van der Waals surface area contributed by atoms with Gasteiger partial charge in [0.05, 0.1) is 13.2 Å². The van der Waals surface area contributed by atoms with Gasteiger partial charge < -0.3 is 10.1 Å². The van der Waals surface area contributed by atoms with Gasteiger partial charge in [0.25, 0.3) is 0 Å². The van der Waals surface area contributed by atoms with Crippen molar-refractivity contribution in [3.63, 3.8) is 0 Å². The Morgan fingerprint density at radius 3 is 3.11 bits per heavy atom. The smallest absolute Gasteiger partial charge is 0.0608 e. The fourth-order valence-electron chi connectivity index (χ4n) is 0.770. The molecule has 0 bridgehead atoms. The van der Waals surface area contributed by atoms with E-state index in [0.29, 0.717) is 0 Å². The van der Waals surface area contributed by atoms with Gasteiger partial charge in [-0.2, -0.15) is 0 Å². The molecule has 1 radical (unpaired) electrons. The van der Waals surface area contributed by atoms with Gasteiger partial charge in [-0.25, -0.2) is 5.32 Å². The summed E-state index contributed by atoms with van der Waals surface area (Å²) in [5.74, 6) is 0. The minimum atomic E-state index is 0.793. The minimum absolute atomic E-state index is 0.793. The lowest BCUT2D eigenvalue weighted by molar-refractivity contribution is 0.142. The average Bonchev–Trinajstić information content (AvgIpc) is 2.00. The van der Waals surface area contributed by atoms with Crippen LogP contribution in [0.15, 0.2) is 0 Å². The molecule has 1 N–H and O–H groups in total. The quantitative estimate of drug-likeness (QED) is 0.465. The molecule has 53 valence electrons. The number of nitrogens with zero attached hydrogens (tertiary/aromatic N) is 1. The lowest BCUT2D eigenvalue weighted by Gasteiger charge is -1.98. The Labute approximate surface area is 55.8 Å². The number of nitrogens with one attached hydrogen (secondary N) is 1. The largest absolute Gasteiger partial charge is 0.379 e. The molecule has 1 heterocycles. The summed E-state index contributed by atoms with van der Waals surface area (Å²) in [6, 6.07) is 0. The van der Waals surface area contributed by atoms with Crippen LogP contribution in [0.4, 0.5) is 0 Å². The number of hydrogen-bond donors (Lipinski definition) is 1. The molecule has 1 rings (SSSR count). The van der Waals surface area contributed by atoms with Crippen LogP contribution in [0.1, 0.15) is 0 Å². The Balaban J connectivity index is 2.02. The first-order valence-corrected chi connectivity index (χ1v) is 3.42. The summed E-state index contributed by atoms with van der Waals surface area (Å²) in [6.45, 7) is 5.39. The van der Waals surface area contributed by atoms with Crippen LogP contribution in [0.2, 0.25) is 0 Å². The van der Waals surface area contributed by atoms with Crippen LogP contribution in [0.5, 0.6) is 0 Å². The van der Waals surface area contributed by atoms with Crippen molar-refractivity contribution < 1.29 is 4.74 Å². The van der Waals surface area contributed by atoms with Crippen molar-refractivity contribution in [2.24, 2.45) is 0 Å². The third-order valence-electron chi connectivity index (χ3n) is 1.26. The van der Waals surface area contributed by atoms with Crippen molar-refractivity contribution in [3.05, 3.63) is 0 Å². The summed E-state index contributed by atoms with van der Waals surface area (Å²) in [5.41, 5.74) is 0. The maximum absolute atomic E-state index is 5.20. The van der Waals surface area contributed by atoms with E-state index in [1.807, 2.05) is 0 Å². The molecule has 0 saturated carbocycles. The van der Waals surface area contributed by atoms with E-state index in [2.05, 4.69) is 10.6 Å². The van der Waals surface area contributed by atoms with Crippen molar-refractivity contribution in [2.75, 3.05) is 39.4 Å². The Bertz CT molecular complexity index is 39.5. The molecule has 0 spiro atoms. The molecule has 0 aliphatic carbocycles. The van der Waals surface area contributed by atoms with E-state index < -0.39 is 0 Å². The van der Waals surface area contributed by atoms with E-state index in [4.69, 9.17) is 4.74 Å². The third-order valence-corrected chi connectivity index (χ3v) is 1.26. The van der Waals surface area contributed by atoms with Gasteiger partial charge in [0.15, 0.2) is 0 Å². The van der Waals surface area contributed by atoms with Crippen molar-refractivity contribution >= 4 is 0 Å². The van der Waals surface area contributed by atoms with Crippen molar-refractivity contribution in [1.29, 1.82) is 0 Å². The first kappa shape index (κ1) is 6.99. The zero-order valence-corrected chi connectivity index (χ0v) is 5.60. The highest BCUT2D eigenvalue weighted by molar-refractivity contribution is 4.53. The first-order chi connectivity index (χ1) is 4.50. The minimum Gasteiger partial charge on any atom is -0.379 e. The van der Waals surface area contributed by atoms with Crippen LogP contribution in [0.3, 0.4) is 0 Å². The lowest BCUT2D eigenvalue weighted by Crippen LogP contribution is -2.24. The van der Waals surface area contributed by atoms with Crippen LogP contribution in [-0.2, 0) is 4.74 Å². The summed E-state index contributed by atoms with van der Waals surface area (Å²) in [4.78, 5) is 0. The Morgan fingerprint density at radius 1 is 1.11 bits per heavy atom. The molecule has 0 amide bonds. The summed E-state index contributed by atoms with van der Waals surface area (Å²) >= 11 is 0. The number of ether oxygens (including phenoxy) is 1. The first-order valence-electron chi connectivity index (χ1n) is 3.42. The summed E-state index contributed by atoms with van der Waals surface area (Å²) in [6.07, 6.45) is 0. The van der Waals surface area contributed by atoms with Crippen molar-refractivity contribution in [1.82, 2.24) is 10.6 Å². The highest BCUT2D eigenvalue weighted by atomic mass is 16.5. The molecule has 0 aromatic carbocycles. The van der Waals surface area contributed by atoms with Crippen LogP contribution in [0.25, 0.3) is 0 Å². The summed E-state index contributed by atoms with van der Waals surface area (Å²) in [5, 5.41) is 7.41. The lowest BCUT2D eigenvalue weighted by atomic mass is 10.6. The second-order valence-corrected chi connectivity index (χ2v) is 2.03. The Kier molecular flexibility index (Phi) is 3.68. The third kappa shape index (κ3) is 3.46. The van der Waals surface area contributed by atoms with Gasteiger partial charge >= 0.3 is 0 Å². The fourth-order valence-corrected chi connectivity index (χ4v) is 0.770. The molecule has 1 aliphatic heterocycles. The molecule has 0 aromatic heterocycles. The highest BCUT2D eigenvalue weighted by Crippen LogP contribution is 1.75. The monoisotopic (exact) mass is 129 g/mol.